The molecule has 6 heteroatoms. The van der Waals surface area contributed by atoms with E-state index >= 15 is 0 Å². The highest BCUT2D eigenvalue weighted by atomic mass is 32.2. The van der Waals surface area contributed by atoms with Crippen molar-refractivity contribution >= 4 is 15.7 Å². The zero-order chi connectivity index (χ0) is 18.0. The lowest BCUT2D eigenvalue weighted by Gasteiger charge is -2.09. The number of hydrogen-bond acceptors (Lipinski definition) is 3. The Hall–Kier alpha value is -2.60. The van der Waals surface area contributed by atoms with Gasteiger partial charge in [-0.1, -0.05) is 18.2 Å². The van der Waals surface area contributed by atoms with Crippen molar-refractivity contribution in [3.63, 3.8) is 0 Å². The molecule has 0 radical (unpaired) electrons. The first-order valence-corrected chi connectivity index (χ1v) is 9.86. The predicted molar refractivity (Wildman–Crippen MR) is 101 cm³/mol. The second kappa shape index (κ2) is 6.72. The molecule has 2 heterocycles. The van der Waals surface area contributed by atoms with Gasteiger partial charge in [-0.05, 0) is 48.4 Å². The van der Waals surface area contributed by atoms with Crippen LogP contribution in [0.5, 0.6) is 0 Å². The van der Waals surface area contributed by atoms with E-state index in [1.54, 1.807) is 18.3 Å². The third kappa shape index (κ3) is 4.09. The molecule has 1 aromatic carbocycles. The van der Waals surface area contributed by atoms with Crippen LogP contribution in [0.4, 0.5) is 5.69 Å². The Bertz CT molecular complexity index is 976. The minimum Gasteiger partial charge on any atom is -0.346 e. The van der Waals surface area contributed by atoms with E-state index in [0.29, 0.717) is 5.69 Å². The molecule has 0 fully saturated rings. The minimum atomic E-state index is -3.25. The van der Waals surface area contributed by atoms with Crippen molar-refractivity contribution in [3.8, 4) is 11.4 Å². The maximum atomic E-state index is 11.3. The third-order valence-electron chi connectivity index (χ3n) is 4.07. The molecule has 5 nitrogen and oxygen atoms in total. The number of pyridine rings is 1. The largest absolute Gasteiger partial charge is 0.346 e. The molecule has 1 N–H and O–H groups in total. The number of nitrogens with zero attached hydrogens (tertiary/aromatic N) is 2. The molecule has 130 valence electrons. The molecule has 0 saturated heterocycles. The summed E-state index contributed by atoms with van der Waals surface area (Å²) in [6.45, 7) is 2.09. The topological polar surface area (TPSA) is 64.0 Å². The van der Waals surface area contributed by atoms with Crippen LogP contribution in [0.25, 0.3) is 11.4 Å². The van der Waals surface area contributed by atoms with Crippen molar-refractivity contribution in [3.05, 3.63) is 71.5 Å². The van der Waals surface area contributed by atoms with E-state index < -0.39 is 10.0 Å². The lowest BCUT2D eigenvalue weighted by molar-refractivity contribution is 0.607. The van der Waals surface area contributed by atoms with Gasteiger partial charge in [0, 0.05) is 31.0 Å². The molecule has 0 unspecified atom stereocenters. The Morgan fingerprint density at radius 2 is 1.84 bits per heavy atom. The van der Waals surface area contributed by atoms with Crippen LogP contribution in [0.2, 0.25) is 0 Å². The Kier molecular flexibility index (Phi) is 4.63. The van der Waals surface area contributed by atoms with Crippen molar-refractivity contribution in [2.75, 3.05) is 11.0 Å². The Labute approximate surface area is 148 Å². The summed E-state index contributed by atoms with van der Waals surface area (Å²) in [6.07, 6.45) is 3.71. The minimum absolute atomic E-state index is 0.573. The number of anilines is 1. The van der Waals surface area contributed by atoms with Crippen LogP contribution < -0.4 is 4.72 Å². The SMILES string of the molecule is Cc1cc(Cc2ccc(NS(C)(=O)=O)cc2)n(C)c1-c1ccccn1. The summed E-state index contributed by atoms with van der Waals surface area (Å²) in [5, 5.41) is 0. The van der Waals surface area contributed by atoms with Crippen LogP contribution in [-0.4, -0.2) is 24.2 Å². The molecule has 0 spiro atoms. The Balaban J connectivity index is 1.84. The molecular formula is C19H21N3O2S. The number of aryl methyl sites for hydroxylation is 1. The van der Waals surface area contributed by atoms with Crippen LogP contribution in [0.1, 0.15) is 16.8 Å². The summed E-state index contributed by atoms with van der Waals surface area (Å²) in [5.41, 5.74) is 6.14. The highest BCUT2D eigenvalue weighted by Crippen LogP contribution is 2.26. The quantitative estimate of drug-likeness (QED) is 0.763. The van der Waals surface area contributed by atoms with Crippen LogP contribution in [0, 0.1) is 6.92 Å². The first-order chi connectivity index (χ1) is 11.8. The molecule has 0 amide bonds. The molecule has 25 heavy (non-hydrogen) atoms. The number of hydrogen-bond donors (Lipinski definition) is 1. The van der Waals surface area contributed by atoms with E-state index in [9.17, 15) is 8.42 Å². The fourth-order valence-electron chi connectivity index (χ4n) is 2.98. The summed E-state index contributed by atoms with van der Waals surface area (Å²) in [7, 11) is -1.20. The van der Waals surface area contributed by atoms with E-state index in [2.05, 4.69) is 27.3 Å². The van der Waals surface area contributed by atoms with Gasteiger partial charge in [-0.15, -0.1) is 0 Å². The lowest BCUT2D eigenvalue weighted by Crippen LogP contribution is -2.09. The van der Waals surface area contributed by atoms with E-state index in [4.69, 9.17) is 0 Å². The second-order valence-corrected chi connectivity index (χ2v) is 7.94. The van der Waals surface area contributed by atoms with Gasteiger partial charge in [0.25, 0.3) is 0 Å². The average molecular weight is 355 g/mol. The van der Waals surface area contributed by atoms with Crippen LogP contribution in [0.15, 0.2) is 54.7 Å². The van der Waals surface area contributed by atoms with Crippen molar-refractivity contribution in [1.29, 1.82) is 0 Å². The standard InChI is InChI=1S/C19H21N3O2S/c1-14-12-17(22(2)19(14)18-6-4-5-11-20-18)13-15-7-9-16(10-8-15)21-25(3,23)24/h4-12,21H,13H2,1-3H3. The summed E-state index contributed by atoms with van der Waals surface area (Å²) in [4.78, 5) is 4.45. The summed E-state index contributed by atoms with van der Waals surface area (Å²) in [6, 6.07) is 15.5. The monoisotopic (exact) mass is 355 g/mol. The van der Waals surface area contributed by atoms with Crippen molar-refractivity contribution in [1.82, 2.24) is 9.55 Å². The third-order valence-corrected chi connectivity index (χ3v) is 4.68. The van der Waals surface area contributed by atoms with Crippen molar-refractivity contribution < 1.29 is 8.42 Å². The number of aromatic nitrogens is 2. The molecule has 0 atom stereocenters. The first-order valence-electron chi connectivity index (χ1n) is 7.97. The lowest BCUT2D eigenvalue weighted by atomic mass is 10.1. The maximum absolute atomic E-state index is 11.3. The van der Waals surface area contributed by atoms with Gasteiger partial charge < -0.3 is 4.57 Å². The fourth-order valence-corrected chi connectivity index (χ4v) is 3.55. The highest BCUT2D eigenvalue weighted by Gasteiger charge is 2.13. The fraction of sp³-hybridized carbons (Fsp3) is 0.211. The van der Waals surface area contributed by atoms with Gasteiger partial charge in [0.05, 0.1) is 17.6 Å². The van der Waals surface area contributed by atoms with Gasteiger partial charge in [-0.25, -0.2) is 8.42 Å². The molecule has 0 aliphatic rings. The first kappa shape index (κ1) is 17.2. The molecule has 0 aliphatic heterocycles. The summed E-state index contributed by atoms with van der Waals surface area (Å²) >= 11 is 0. The molecular weight excluding hydrogens is 334 g/mol. The predicted octanol–water partition coefficient (Wildman–Crippen LogP) is 3.36. The molecule has 0 saturated carbocycles. The van der Waals surface area contributed by atoms with E-state index in [1.807, 2.05) is 37.4 Å². The average Bonchev–Trinajstić information content (AvgIpc) is 2.83. The summed E-state index contributed by atoms with van der Waals surface area (Å²) < 4.78 is 27.2. The number of benzene rings is 1. The van der Waals surface area contributed by atoms with Gasteiger partial charge in [-0.2, -0.15) is 0 Å². The smallest absolute Gasteiger partial charge is 0.229 e. The van der Waals surface area contributed by atoms with Gasteiger partial charge in [0.2, 0.25) is 10.0 Å². The Morgan fingerprint density at radius 3 is 2.44 bits per heavy atom. The zero-order valence-electron chi connectivity index (χ0n) is 14.5. The zero-order valence-corrected chi connectivity index (χ0v) is 15.3. The molecule has 2 aromatic heterocycles. The highest BCUT2D eigenvalue weighted by molar-refractivity contribution is 7.92. The molecule has 3 aromatic rings. The van der Waals surface area contributed by atoms with Gasteiger partial charge in [-0.3, -0.25) is 9.71 Å². The van der Waals surface area contributed by atoms with Crippen LogP contribution in [-0.2, 0) is 23.5 Å². The number of sulfonamides is 1. The molecule has 3 rings (SSSR count). The van der Waals surface area contributed by atoms with E-state index in [-0.39, 0.29) is 0 Å². The normalized spacial score (nSPS) is 11.5. The van der Waals surface area contributed by atoms with Crippen LogP contribution in [0.3, 0.4) is 0 Å². The van der Waals surface area contributed by atoms with E-state index in [1.165, 1.54) is 11.3 Å². The van der Waals surface area contributed by atoms with Crippen LogP contribution >= 0.6 is 0 Å². The summed E-state index contributed by atoms with van der Waals surface area (Å²) in [5.74, 6) is 0. The van der Waals surface area contributed by atoms with Gasteiger partial charge in [0.15, 0.2) is 0 Å². The maximum Gasteiger partial charge on any atom is 0.229 e. The van der Waals surface area contributed by atoms with Crippen molar-refractivity contribution in [2.24, 2.45) is 7.05 Å². The van der Waals surface area contributed by atoms with Gasteiger partial charge in [0.1, 0.15) is 0 Å². The Morgan fingerprint density at radius 1 is 1.12 bits per heavy atom. The van der Waals surface area contributed by atoms with Crippen molar-refractivity contribution in [2.45, 2.75) is 13.3 Å². The van der Waals surface area contributed by atoms with Gasteiger partial charge >= 0.3 is 0 Å². The number of rotatable bonds is 5. The van der Waals surface area contributed by atoms with E-state index in [0.717, 1.165) is 29.6 Å². The molecule has 0 bridgehead atoms. The second-order valence-electron chi connectivity index (χ2n) is 6.19. The molecule has 0 aliphatic carbocycles. The number of nitrogens with one attached hydrogen (secondary N) is 1.